The molecule has 1 unspecified atom stereocenters. The van der Waals surface area contributed by atoms with Gasteiger partial charge >= 0.3 is 0 Å². The molecule has 3 rings (SSSR count). The monoisotopic (exact) mass is 275 g/mol. The number of hydrogen-bond donors (Lipinski definition) is 1. The van der Waals surface area contributed by atoms with Crippen LogP contribution in [0.5, 0.6) is 0 Å². The molecule has 3 heterocycles. The van der Waals surface area contributed by atoms with E-state index in [0.717, 1.165) is 43.5 Å². The highest BCUT2D eigenvalue weighted by molar-refractivity contribution is 5.63. The van der Waals surface area contributed by atoms with Gasteiger partial charge in [-0.15, -0.1) is 10.2 Å². The van der Waals surface area contributed by atoms with Crippen molar-refractivity contribution >= 4 is 11.5 Å². The van der Waals surface area contributed by atoms with E-state index in [4.69, 9.17) is 5.73 Å². The minimum absolute atomic E-state index is 0.441. The highest BCUT2D eigenvalue weighted by atomic mass is 15.3. The van der Waals surface area contributed by atoms with Gasteiger partial charge in [0.1, 0.15) is 5.82 Å². The minimum atomic E-state index is 0.441. The van der Waals surface area contributed by atoms with Gasteiger partial charge in [-0.25, -0.2) is 4.98 Å². The lowest BCUT2D eigenvalue weighted by atomic mass is 10.2. The first-order valence-electron chi connectivity index (χ1n) is 7.06. The van der Waals surface area contributed by atoms with Crippen LogP contribution in [0.25, 0.3) is 5.65 Å². The molecule has 1 atom stereocenters. The van der Waals surface area contributed by atoms with Crippen LogP contribution in [0, 0.1) is 6.92 Å². The van der Waals surface area contributed by atoms with Crippen LogP contribution in [-0.4, -0.2) is 63.2 Å². The summed E-state index contributed by atoms with van der Waals surface area (Å²) in [5.41, 5.74) is 6.57. The van der Waals surface area contributed by atoms with Gasteiger partial charge in [-0.1, -0.05) is 0 Å². The largest absolute Gasteiger partial charge is 0.351 e. The third-order valence-corrected chi connectivity index (χ3v) is 4.06. The van der Waals surface area contributed by atoms with Crippen molar-refractivity contribution in [3.8, 4) is 0 Å². The first-order valence-corrected chi connectivity index (χ1v) is 7.06. The number of nitrogens with two attached hydrogens (primary N) is 1. The van der Waals surface area contributed by atoms with E-state index in [9.17, 15) is 0 Å². The quantitative estimate of drug-likeness (QED) is 0.843. The number of hydrogen-bond acceptors (Lipinski definition) is 6. The van der Waals surface area contributed by atoms with Crippen LogP contribution in [0.15, 0.2) is 12.4 Å². The van der Waals surface area contributed by atoms with Gasteiger partial charge in [-0.05, 0) is 13.8 Å². The number of rotatable bonds is 3. The molecule has 1 saturated heterocycles. The van der Waals surface area contributed by atoms with Gasteiger partial charge in [0.2, 0.25) is 5.65 Å². The Labute approximate surface area is 118 Å². The van der Waals surface area contributed by atoms with Crippen LogP contribution in [-0.2, 0) is 0 Å². The number of anilines is 1. The Bertz CT molecular complexity index is 585. The van der Waals surface area contributed by atoms with Crippen LogP contribution in [0.3, 0.4) is 0 Å². The lowest BCUT2D eigenvalue weighted by Gasteiger charge is -2.38. The van der Waals surface area contributed by atoms with Crippen molar-refractivity contribution in [3.05, 3.63) is 18.2 Å². The Morgan fingerprint density at radius 3 is 2.70 bits per heavy atom. The molecular formula is C13H21N7. The maximum Gasteiger partial charge on any atom is 0.203 e. The molecular weight excluding hydrogens is 254 g/mol. The summed E-state index contributed by atoms with van der Waals surface area (Å²) in [6, 6.07) is 0.441. The molecule has 2 aromatic heterocycles. The number of aryl methyl sites for hydroxylation is 1. The molecule has 0 amide bonds. The lowest BCUT2D eigenvalue weighted by molar-refractivity contribution is 0.201. The van der Waals surface area contributed by atoms with Crippen molar-refractivity contribution < 1.29 is 0 Å². The number of nitrogens with zero attached hydrogens (tertiary/aromatic N) is 6. The highest BCUT2D eigenvalue weighted by Crippen LogP contribution is 2.19. The van der Waals surface area contributed by atoms with Crippen molar-refractivity contribution in [2.45, 2.75) is 19.9 Å². The maximum absolute atomic E-state index is 5.74. The summed E-state index contributed by atoms with van der Waals surface area (Å²) >= 11 is 0. The third-order valence-electron chi connectivity index (χ3n) is 4.06. The molecule has 2 N–H and O–H groups in total. The summed E-state index contributed by atoms with van der Waals surface area (Å²) in [6.45, 7) is 8.74. The van der Waals surface area contributed by atoms with Gasteiger partial charge in [0.15, 0.2) is 5.82 Å². The second-order valence-corrected chi connectivity index (χ2v) is 5.30. The van der Waals surface area contributed by atoms with E-state index in [2.05, 4.69) is 31.9 Å². The second-order valence-electron chi connectivity index (χ2n) is 5.30. The predicted octanol–water partition coefficient (Wildman–Crippen LogP) is -0.0981. The fourth-order valence-electron chi connectivity index (χ4n) is 2.68. The van der Waals surface area contributed by atoms with Gasteiger partial charge in [0.25, 0.3) is 0 Å². The van der Waals surface area contributed by atoms with E-state index >= 15 is 0 Å². The molecule has 7 heteroatoms. The fourth-order valence-corrected chi connectivity index (χ4v) is 2.68. The van der Waals surface area contributed by atoms with E-state index in [0.29, 0.717) is 12.6 Å². The lowest BCUT2D eigenvalue weighted by Crippen LogP contribution is -2.51. The summed E-state index contributed by atoms with van der Waals surface area (Å²) < 4.78 is 1.98. The minimum Gasteiger partial charge on any atom is -0.351 e. The van der Waals surface area contributed by atoms with Gasteiger partial charge in [0.05, 0.1) is 0 Å². The maximum atomic E-state index is 5.74. The molecule has 108 valence electrons. The fraction of sp³-hybridized carbons (Fsp3) is 0.615. The zero-order valence-corrected chi connectivity index (χ0v) is 12.0. The molecule has 2 aromatic rings. The molecule has 1 aliphatic heterocycles. The van der Waals surface area contributed by atoms with Crippen molar-refractivity contribution in [1.82, 2.24) is 24.5 Å². The van der Waals surface area contributed by atoms with Crippen LogP contribution in [0.2, 0.25) is 0 Å². The van der Waals surface area contributed by atoms with Crippen molar-refractivity contribution in [1.29, 1.82) is 0 Å². The SMILES string of the molecule is Cc1nnc2c(N3CCN(C(C)CN)CC3)nccn12. The summed E-state index contributed by atoms with van der Waals surface area (Å²) in [7, 11) is 0. The number of fused-ring (bicyclic) bond motifs is 1. The van der Waals surface area contributed by atoms with Crippen LogP contribution >= 0.6 is 0 Å². The van der Waals surface area contributed by atoms with E-state index in [-0.39, 0.29) is 0 Å². The Balaban J connectivity index is 1.80. The third kappa shape index (κ3) is 2.23. The number of aromatic nitrogens is 4. The first-order chi connectivity index (χ1) is 9.70. The van der Waals surface area contributed by atoms with Crippen molar-refractivity contribution in [2.75, 3.05) is 37.6 Å². The van der Waals surface area contributed by atoms with E-state index in [1.165, 1.54) is 0 Å². The average Bonchev–Trinajstić information content (AvgIpc) is 2.88. The molecule has 7 nitrogen and oxygen atoms in total. The summed E-state index contributed by atoms with van der Waals surface area (Å²) in [5, 5.41) is 8.37. The Morgan fingerprint density at radius 2 is 2.00 bits per heavy atom. The molecule has 0 spiro atoms. The zero-order valence-electron chi connectivity index (χ0n) is 12.0. The highest BCUT2D eigenvalue weighted by Gasteiger charge is 2.23. The summed E-state index contributed by atoms with van der Waals surface area (Å²) in [4.78, 5) is 9.20. The van der Waals surface area contributed by atoms with Gasteiger partial charge < -0.3 is 10.6 Å². The summed E-state index contributed by atoms with van der Waals surface area (Å²) in [5.74, 6) is 1.81. The van der Waals surface area contributed by atoms with Crippen molar-refractivity contribution in [2.24, 2.45) is 5.73 Å². The van der Waals surface area contributed by atoms with E-state index < -0.39 is 0 Å². The standard InChI is InChI=1S/C13H21N7/c1-10(9-14)18-5-7-19(8-6-18)12-13-17-16-11(2)20(13)4-3-15-12/h3-4,10H,5-9,14H2,1-2H3. The first kappa shape index (κ1) is 13.3. The van der Waals surface area contributed by atoms with Gasteiger partial charge in [-0.2, -0.15) is 0 Å². The zero-order chi connectivity index (χ0) is 14.1. The van der Waals surface area contributed by atoms with E-state index in [1.807, 2.05) is 23.7 Å². The topological polar surface area (TPSA) is 75.6 Å². The van der Waals surface area contributed by atoms with Crippen LogP contribution in [0.1, 0.15) is 12.7 Å². The van der Waals surface area contributed by atoms with E-state index in [1.54, 1.807) is 0 Å². The normalized spacial score (nSPS) is 18.6. The Kier molecular flexibility index (Phi) is 3.54. The molecule has 1 aliphatic rings. The summed E-state index contributed by atoms with van der Waals surface area (Å²) in [6.07, 6.45) is 3.72. The Hall–Kier alpha value is -1.73. The molecule has 0 radical (unpaired) electrons. The molecule has 0 aliphatic carbocycles. The smallest absolute Gasteiger partial charge is 0.203 e. The van der Waals surface area contributed by atoms with Crippen molar-refractivity contribution in [3.63, 3.8) is 0 Å². The van der Waals surface area contributed by atoms with Crippen LogP contribution < -0.4 is 10.6 Å². The van der Waals surface area contributed by atoms with Gasteiger partial charge in [0, 0.05) is 51.2 Å². The average molecular weight is 275 g/mol. The molecule has 20 heavy (non-hydrogen) atoms. The van der Waals surface area contributed by atoms with Gasteiger partial charge in [-0.3, -0.25) is 9.30 Å². The molecule has 0 bridgehead atoms. The molecule has 0 aromatic carbocycles. The van der Waals surface area contributed by atoms with Crippen LogP contribution in [0.4, 0.5) is 5.82 Å². The molecule has 1 fully saturated rings. The molecule has 0 saturated carbocycles. The second kappa shape index (κ2) is 5.34. The Morgan fingerprint density at radius 1 is 1.25 bits per heavy atom. The predicted molar refractivity (Wildman–Crippen MR) is 77.8 cm³/mol. The number of piperazine rings is 1.